The Morgan fingerprint density at radius 2 is 1.92 bits per heavy atom. The smallest absolute Gasteiger partial charge is 0.243 e. The average molecular weight is 363 g/mol. The van der Waals surface area contributed by atoms with Crippen LogP contribution in [0.15, 0.2) is 35.3 Å². The second kappa shape index (κ2) is 10.8. The molecule has 0 spiro atoms. The highest BCUT2D eigenvalue weighted by Crippen LogP contribution is 2.18. The summed E-state index contributed by atoms with van der Waals surface area (Å²) in [4.78, 5) is 17.9. The van der Waals surface area contributed by atoms with Crippen LogP contribution in [0.4, 0.5) is 0 Å². The zero-order valence-corrected chi connectivity index (χ0v) is 17.0. The van der Waals surface area contributed by atoms with Gasteiger partial charge in [0.1, 0.15) is 6.54 Å². The molecule has 1 aromatic carbocycles. The SMILES string of the molecule is COCCC(C)(C)CNC(=NCC(=O)N(C)C)NC(C)c1ccccc1. The van der Waals surface area contributed by atoms with Crippen molar-refractivity contribution in [2.75, 3.05) is 40.9 Å². The molecule has 0 radical (unpaired) electrons. The van der Waals surface area contributed by atoms with Gasteiger partial charge in [0.05, 0.1) is 6.04 Å². The van der Waals surface area contributed by atoms with Crippen LogP contribution in [0.1, 0.15) is 38.8 Å². The monoisotopic (exact) mass is 362 g/mol. The van der Waals surface area contributed by atoms with Gasteiger partial charge in [-0.25, -0.2) is 4.99 Å². The topological polar surface area (TPSA) is 66.0 Å². The third kappa shape index (κ3) is 8.34. The summed E-state index contributed by atoms with van der Waals surface area (Å²) in [7, 11) is 5.18. The Hall–Kier alpha value is -2.08. The van der Waals surface area contributed by atoms with Crippen LogP contribution < -0.4 is 10.6 Å². The summed E-state index contributed by atoms with van der Waals surface area (Å²) in [6.45, 7) is 8.01. The normalized spacial score (nSPS) is 13.2. The zero-order valence-electron chi connectivity index (χ0n) is 17.0. The molecule has 0 bridgehead atoms. The van der Waals surface area contributed by atoms with Gasteiger partial charge in [-0.05, 0) is 24.3 Å². The molecule has 0 aliphatic rings. The molecule has 0 saturated heterocycles. The van der Waals surface area contributed by atoms with E-state index in [1.165, 1.54) is 5.56 Å². The van der Waals surface area contributed by atoms with Crippen molar-refractivity contribution in [3.05, 3.63) is 35.9 Å². The molecule has 1 aromatic rings. The molecule has 0 aliphatic heterocycles. The van der Waals surface area contributed by atoms with E-state index in [4.69, 9.17) is 4.74 Å². The van der Waals surface area contributed by atoms with Gasteiger partial charge in [-0.1, -0.05) is 44.2 Å². The summed E-state index contributed by atoms with van der Waals surface area (Å²) in [5.41, 5.74) is 1.22. The van der Waals surface area contributed by atoms with E-state index < -0.39 is 0 Å². The van der Waals surface area contributed by atoms with Gasteiger partial charge >= 0.3 is 0 Å². The molecule has 1 rings (SSSR count). The highest BCUT2D eigenvalue weighted by molar-refractivity contribution is 5.85. The second-order valence-corrected chi connectivity index (χ2v) is 7.49. The van der Waals surface area contributed by atoms with E-state index in [0.29, 0.717) is 12.6 Å². The maximum absolute atomic E-state index is 11.9. The first-order chi connectivity index (χ1) is 12.2. The van der Waals surface area contributed by atoms with Crippen molar-refractivity contribution in [1.29, 1.82) is 0 Å². The lowest BCUT2D eigenvalue weighted by molar-refractivity contribution is -0.127. The number of nitrogens with one attached hydrogen (secondary N) is 2. The number of guanidine groups is 1. The standard InChI is InChI=1S/C20H34N4O2/c1-16(17-10-8-7-9-11-17)23-19(21-14-18(25)24(4)5)22-15-20(2,3)12-13-26-6/h7-11,16H,12-15H2,1-6H3,(H2,21,22,23). The van der Waals surface area contributed by atoms with Crippen LogP contribution in [0, 0.1) is 5.41 Å². The Morgan fingerprint density at radius 1 is 1.27 bits per heavy atom. The van der Waals surface area contributed by atoms with Crippen molar-refractivity contribution in [2.24, 2.45) is 10.4 Å². The number of aliphatic imine (C=N–C) groups is 1. The van der Waals surface area contributed by atoms with Gasteiger partial charge in [0.25, 0.3) is 0 Å². The molecule has 0 aliphatic carbocycles. The fourth-order valence-corrected chi connectivity index (χ4v) is 2.26. The molecule has 1 atom stereocenters. The minimum Gasteiger partial charge on any atom is -0.385 e. The number of methoxy groups -OCH3 is 1. The van der Waals surface area contributed by atoms with Crippen molar-refractivity contribution in [2.45, 2.75) is 33.2 Å². The van der Waals surface area contributed by atoms with Crippen molar-refractivity contribution in [1.82, 2.24) is 15.5 Å². The van der Waals surface area contributed by atoms with Crippen molar-refractivity contribution in [3.63, 3.8) is 0 Å². The van der Waals surface area contributed by atoms with Crippen molar-refractivity contribution >= 4 is 11.9 Å². The van der Waals surface area contributed by atoms with E-state index in [0.717, 1.165) is 13.0 Å². The fraction of sp³-hybridized carbons (Fsp3) is 0.600. The van der Waals surface area contributed by atoms with E-state index in [1.807, 2.05) is 18.2 Å². The van der Waals surface area contributed by atoms with Crippen LogP contribution in [-0.2, 0) is 9.53 Å². The van der Waals surface area contributed by atoms with E-state index in [-0.39, 0.29) is 23.9 Å². The van der Waals surface area contributed by atoms with Gasteiger partial charge in [-0.2, -0.15) is 0 Å². The van der Waals surface area contributed by atoms with E-state index in [2.05, 4.69) is 48.5 Å². The molecule has 146 valence electrons. The summed E-state index contributed by atoms with van der Waals surface area (Å²) >= 11 is 0. The lowest BCUT2D eigenvalue weighted by atomic mass is 9.90. The third-order valence-electron chi connectivity index (χ3n) is 4.24. The molecule has 2 N–H and O–H groups in total. The van der Waals surface area contributed by atoms with Crippen LogP contribution in [-0.4, -0.2) is 57.7 Å². The van der Waals surface area contributed by atoms with Gasteiger partial charge < -0.3 is 20.3 Å². The van der Waals surface area contributed by atoms with Crippen LogP contribution in [0.2, 0.25) is 0 Å². The quantitative estimate of drug-likeness (QED) is 0.523. The summed E-state index contributed by atoms with van der Waals surface area (Å²) in [5.74, 6) is 0.610. The lowest BCUT2D eigenvalue weighted by Crippen LogP contribution is -2.44. The Morgan fingerprint density at radius 3 is 2.50 bits per heavy atom. The van der Waals surface area contributed by atoms with Gasteiger partial charge in [-0.15, -0.1) is 0 Å². The van der Waals surface area contributed by atoms with E-state index in [1.54, 1.807) is 26.1 Å². The first-order valence-corrected chi connectivity index (χ1v) is 9.04. The number of carbonyl (C=O) groups excluding carboxylic acids is 1. The van der Waals surface area contributed by atoms with Crippen LogP contribution in [0.25, 0.3) is 0 Å². The van der Waals surface area contributed by atoms with E-state index >= 15 is 0 Å². The number of ether oxygens (including phenoxy) is 1. The Labute approximate surface area is 158 Å². The van der Waals surface area contributed by atoms with Crippen molar-refractivity contribution in [3.8, 4) is 0 Å². The largest absolute Gasteiger partial charge is 0.385 e. The second-order valence-electron chi connectivity index (χ2n) is 7.49. The number of likely N-dealkylation sites (N-methyl/N-ethyl adjacent to an activating group) is 1. The Bertz CT molecular complexity index is 570. The zero-order chi connectivity index (χ0) is 19.6. The molecule has 0 saturated carbocycles. The van der Waals surface area contributed by atoms with Gasteiger partial charge in [0, 0.05) is 34.4 Å². The third-order valence-corrected chi connectivity index (χ3v) is 4.24. The minimum atomic E-state index is -0.0305. The maximum Gasteiger partial charge on any atom is 0.243 e. The van der Waals surface area contributed by atoms with E-state index in [9.17, 15) is 4.79 Å². The molecule has 1 unspecified atom stereocenters. The number of amides is 1. The average Bonchev–Trinajstić information content (AvgIpc) is 2.62. The minimum absolute atomic E-state index is 0.0305. The first kappa shape index (κ1) is 22.0. The summed E-state index contributed by atoms with van der Waals surface area (Å²) in [6, 6.07) is 10.3. The molecular formula is C20H34N4O2. The molecule has 0 heterocycles. The fourth-order valence-electron chi connectivity index (χ4n) is 2.26. The molecule has 26 heavy (non-hydrogen) atoms. The van der Waals surface area contributed by atoms with Crippen LogP contribution in [0.3, 0.4) is 0 Å². The first-order valence-electron chi connectivity index (χ1n) is 9.04. The summed E-state index contributed by atoms with van der Waals surface area (Å²) in [5, 5.41) is 6.77. The number of hydrogen-bond acceptors (Lipinski definition) is 3. The maximum atomic E-state index is 11.9. The molecule has 6 heteroatoms. The predicted octanol–water partition coefficient (Wildman–Crippen LogP) is 2.43. The van der Waals surface area contributed by atoms with Gasteiger partial charge in [0.15, 0.2) is 5.96 Å². The summed E-state index contributed by atoms with van der Waals surface area (Å²) in [6.07, 6.45) is 0.939. The summed E-state index contributed by atoms with van der Waals surface area (Å²) < 4.78 is 5.19. The molecule has 1 amide bonds. The predicted molar refractivity (Wildman–Crippen MR) is 107 cm³/mol. The lowest BCUT2D eigenvalue weighted by Gasteiger charge is -2.27. The van der Waals surface area contributed by atoms with Crippen molar-refractivity contribution < 1.29 is 9.53 Å². The number of benzene rings is 1. The van der Waals surface area contributed by atoms with Gasteiger partial charge in [-0.3, -0.25) is 4.79 Å². The molecular weight excluding hydrogens is 328 g/mol. The molecule has 0 aromatic heterocycles. The van der Waals surface area contributed by atoms with Crippen LogP contribution >= 0.6 is 0 Å². The van der Waals surface area contributed by atoms with Gasteiger partial charge in [0.2, 0.25) is 5.91 Å². The number of hydrogen-bond donors (Lipinski definition) is 2. The Kier molecular flexibility index (Phi) is 9.13. The number of carbonyl (C=O) groups is 1. The molecule has 6 nitrogen and oxygen atoms in total. The highest BCUT2D eigenvalue weighted by Gasteiger charge is 2.19. The number of nitrogens with zero attached hydrogens (tertiary/aromatic N) is 2. The number of rotatable bonds is 9. The Balaban J connectivity index is 2.78. The van der Waals surface area contributed by atoms with Crippen LogP contribution in [0.5, 0.6) is 0 Å². The molecule has 0 fully saturated rings. The highest BCUT2D eigenvalue weighted by atomic mass is 16.5.